The van der Waals surface area contributed by atoms with E-state index in [1.807, 2.05) is 11.9 Å². The lowest BCUT2D eigenvalue weighted by Gasteiger charge is -2.33. The molecule has 3 aliphatic heterocycles. The fraction of sp³-hybridized carbons (Fsp3) is 0.636. The Balaban J connectivity index is 2.06. The lowest BCUT2D eigenvalue weighted by Crippen LogP contribution is -2.53. The number of rotatable bonds is 0. The van der Waals surface area contributed by atoms with Crippen molar-refractivity contribution in [1.82, 2.24) is 10.2 Å². The van der Waals surface area contributed by atoms with Crippen LogP contribution in [0.5, 0.6) is 0 Å². The van der Waals surface area contributed by atoms with Gasteiger partial charge in [-0.2, -0.15) is 0 Å². The van der Waals surface area contributed by atoms with E-state index in [0.29, 0.717) is 12.3 Å². The number of ether oxygens (including phenoxy) is 1. The molecule has 3 rings (SSSR count). The second-order valence-electron chi connectivity index (χ2n) is 4.72. The Morgan fingerprint density at radius 1 is 1.44 bits per heavy atom. The maximum absolute atomic E-state index is 11.9. The molecular weight excluding hydrogens is 208 g/mol. The molecule has 3 saturated heterocycles. The van der Waals surface area contributed by atoms with Gasteiger partial charge in [-0.05, 0) is 13.5 Å². The van der Waals surface area contributed by atoms with Gasteiger partial charge in [-0.1, -0.05) is 6.58 Å². The van der Waals surface area contributed by atoms with Crippen LogP contribution in [-0.2, 0) is 14.3 Å². The Morgan fingerprint density at radius 2 is 2.19 bits per heavy atom. The van der Waals surface area contributed by atoms with E-state index >= 15 is 0 Å². The molecule has 16 heavy (non-hydrogen) atoms. The first kappa shape index (κ1) is 9.84. The van der Waals surface area contributed by atoms with Crippen molar-refractivity contribution in [3.8, 4) is 0 Å². The zero-order valence-corrected chi connectivity index (χ0v) is 9.10. The Morgan fingerprint density at radius 3 is 2.94 bits per heavy atom. The molecule has 0 aromatic rings. The number of esters is 1. The molecule has 2 bridgehead atoms. The fourth-order valence-corrected chi connectivity index (χ4v) is 3.34. The Bertz CT molecular complexity index is 393. The highest BCUT2D eigenvalue weighted by molar-refractivity contribution is 5.89. The average molecular weight is 222 g/mol. The fourth-order valence-electron chi connectivity index (χ4n) is 3.34. The van der Waals surface area contributed by atoms with Gasteiger partial charge < -0.3 is 10.1 Å². The molecule has 3 aliphatic rings. The average Bonchev–Trinajstić information content (AvgIpc) is 2.44. The van der Waals surface area contributed by atoms with Gasteiger partial charge in [0.1, 0.15) is 0 Å². The van der Waals surface area contributed by atoms with Gasteiger partial charge in [-0.25, -0.2) is 0 Å². The van der Waals surface area contributed by atoms with E-state index in [1.54, 1.807) is 0 Å². The number of carbonyl (C=O) groups excluding carboxylic acids is 2. The van der Waals surface area contributed by atoms with Crippen LogP contribution in [0.25, 0.3) is 0 Å². The molecule has 1 N–H and O–H groups in total. The molecule has 0 aromatic carbocycles. The molecule has 0 spiro atoms. The van der Waals surface area contributed by atoms with Gasteiger partial charge in [0.15, 0.2) is 0 Å². The zero-order valence-electron chi connectivity index (χ0n) is 9.10. The Labute approximate surface area is 93.4 Å². The topological polar surface area (TPSA) is 58.6 Å². The van der Waals surface area contributed by atoms with E-state index in [1.165, 1.54) is 0 Å². The molecule has 0 unspecified atom stereocenters. The molecule has 0 radical (unpaired) electrons. The van der Waals surface area contributed by atoms with Crippen LogP contribution in [0, 0.1) is 11.8 Å². The minimum Gasteiger partial charge on any atom is -0.465 e. The third-order valence-electron chi connectivity index (χ3n) is 3.96. The second-order valence-corrected chi connectivity index (χ2v) is 4.72. The van der Waals surface area contributed by atoms with Crippen LogP contribution in [0.15, 0.2) is 12.3 Å². The molecule has 86 valence electrons. The van der Waals surface area contributed by atoms with E-state index in [0.717, 1.165) is 6.42 Å². The van der Waals surface area contributed by atoms with E-state index in [4.69, 9.17) is 4.74 Å². The van der Waals surface area contributed by atoms with Crippen LogP contribution in [-0.4, -0.2) is 42.5 Å². The van der Waals surface area contributed by atoms with Crippen molar-refractivity contribution in [2.24, 2.45) is 11.8 Å². The van der Waals surface area contributed by atoms with E-state index < -0.39 is 0 Å². The minimum atomic E-state index is -0.227. The second kappa shape index (κ2) is 3.07. The van der Waals surface area contributed by atoms with Crippen LogP contribution in [0.2, 0.25) is 0 Å². The Kier molecular flexibility index (Phi) is 1.89. The number of amides is 1. The van der Waals surface area contributed by atoms with Crippen molar-refractivity contribution < 1.29 is 14.3 Å². The number of nitrogens with zero attached hydrogens (tertiary/aromatic N) is 1. The molecule has 0 aliphatic carbocycles. The summed E-state index contributed by atoms with van der Waals surface area (Å²) in [6.45, 7) is 4.27. The number of likely N-dealkylation sites (N-methyl/N-ethyl adjacent to an activating group) is 1. The molecule has 5 heteroatoms. The predicted octanol–water partition coefficient (Wildman–Crippen LogP) is -0.508. The number of piperazine rings is 1. The van der Waals surface area contributed by atoms with Gasteiger partial charge in [-0.3, -0.25) is 14.5 Å². The molecule has 3 fully saturated rings. The molecular formula is C11H14N2O3. The van der Waals surface area contributed by atoms with Crippen LogP contribution >= 0.6 is 0 Å². The smallest absolute Gasteiger partial charge is 0.311 e. The van der Waals surface area contributed by atoms with Crippen LogP contribution in [0.3, 0.4) is 0 Å². The van der Waals surface area contributed by atoms with Crippen molar-refractivity contribution in [1.29, 1.82) is 0 Å². The molecule has 1 amide bonds. The first-order valence-corrected chi connectivity index (χ1v) is 5.49. The molecule has 4 atom stereocenters. The Hall–Kier alpha value is -1.36. The van der Waals surface area contributed by atoms with Crippen molar-refractivity contribution in [3.63, 3.8) is 0 Å². The number of fused-ring (bicyclic) bond motifs is 5. The number of nitrogens with one attached hydrogen (secondary N) is 1. The minimum absolute atomic E-state index is 0.0362. The normalized spacial score (nSPS) is 42.7. The van der Waals surface area contributed by atoms with Crippen LogP contribution < -0.4 is 5.32 Å². The van der Waals surface area contributed by atoms with Crippen molar-refractivity contribution in [2.45, 2.75) is 18.5 Å². The number of cyclic esters (lactones) is 1. The monoisotopic (exact) mass is 222 g/mol. The van der Waals surface area contributed by atoms with Gasteiger partial charge >= 0.3 is 5.97 Å². The summed E-state index contributed by atoms with van der Waals surface area (Å²) in [5.74, 6) is -0.370. The third kappa shape index (κ3) is 1.04. The standard InChI is InChI=1S/C11H14N2O3/c1-5-8-7-6(3-4-16-11(7)15)9(13(8)2)10(14)12-5/h6-9H,1,3-4H2,2H3,(H,12,14)/t6-,7+,8+,9+/m1/s1. The van der Waals surface area contributed by atoms with Crippen molar-refractivity contribution in [3.05, 3.63) is 12.3 Å². The van der Waals surface area contributed by atoms with Crippen molar-refractivity contribution in [2.75, 3.05) is 13.7 Å². The summed E-state index contributed by atoms with van der Waals surface area (Å²) in [5.41, 5.74) is 0.620. The first-order valence-electron chi connectivity index (χ1n) is 5.49. The summed E-state index contributed by atoms with van der Waals surface area (Å²) in [6.07, 6.45) is 0.766. The van der Waals surface area contributed by atoms with Crippen LogP contribution in [0.4, 0.5) is 0 Å². The van der Waals surface area contributed by atoms with E-state index in [2.05, 4.69) is 11.9 Å². The van der Waals surface area contributed by atoms with Crippen LogP contribution in [0.1, 0.15) is 6.42 Å². The predicted molar refractivity (Wildman–Crippen MR) is 55.2 cm³/mol. The third-order valence-corrected chi connectivity index (χ3v) is 3.96. The summed E-state index contributed by atoms with van der Waals surface area (Å²) in [4.78, 5) is 25.6. The molecule has 0 aromatic heterocycles. The maximum Gasteiger partial charge on any atom is 0.311 e. The summed E-state index contributed by atoms with van der Waals surface area (Å²) in [5, 5.41) is 2.77. The highest BCUT2D eigenvalue weighted by atomic mass is 16.5. The van der Waals surface area contributed by atoms with E-state index in [9.17, 15) is 9.59 Å². The van der Waals surface area contributed by atoms with Gasteiger partial charge in [-0.15, -0.1) is 0 Å². The molecule has 3 heterocycles. The zero-order chi connectivity index (χ0) is 11.4. The van der Waals surface area contributed by atoms with Crippen molar-refractivity contribution >= 4 is 11.9 Å². The lowest BCUT2D eigenvalue weighted by molar-refractivity contribution is -0.155. The highest BCUT2D eigenvalue weighted by Crippen LogP contribution is 2.44. The van der Waals surface area contributed by atoms with Gasteiger partial charge in [0.05, 0.1) is 24.6 Å². The van der Waals surface area contributed by atoms with E-state index in [-0.39, 0.29) is 35.8 Å². The molecule has 0 saturated carbocycles. The number of hydrogen-bond donors (Lipinski definition) is 1. The number of hydrogen-bond acceptors (Lipinski definition) is 4. The lowest BCUT2D eigenvalue weighted by atomic mass is 9.83. The summed E-state index contributed by atoms with van der Waals surface area (Å²) >= 11 is 0. The summed E-state index contributed by atoms with van der Waals surface area (Å²) in [6, 6.07) is -0.297. The summed E-state index contributed by atoms with van der Waals surface area (Å²) < 4.78 is 5.09. The first-order chi connectivity index (χ1) is 7.61. The summed E-state index contributed by atoms with van der Waals surface area (Å²) in [7, 11) is 1.88. The van der Waals surface area contributed by atoms with Gasteiger partial charge in [0.2, 0.25) is 5.91 Å². The highest BCUT2D eigenvalue weighted by Gasteiger charge is 2.58. The van der Waals surface area contributed by atoms with Gasteiger partial charge in [0.25, 0.3) is 0 Å². The maximum atomic E-state index is 11.9. The molecule has 5 nitrogen and oxygen atoms in total. The largest absolute Gasteiger partial charge is 0.465 e. The number of carbonyl (C=O) groups is 2. The van der Waals surface area contributed by atoms with Gasteiger partial charge in [0, 0.05) is 11.6 Å². The quantitative estimate of drug-likeness (QED) is 0.561. The SMILES string of the molecule is C=C1NC(=O)[C@@H]2[C@@H]3CCOC(=O)[C@@H]3[C@H]1N2C.